The second kappa shape index (κ2) is 30.4. The van der Waals surface area contributed by atoms with Crippen molar-refractivity contribution in [2.45, 2.75) is 167 Å². The molecular formula is C41H72N7O18P3S. The van der Waals surface area contributed by atoms with Crippen LogP contribution in [0.3, 0.4) is 0 Å². The molecule has 2 aromatic heterocycles. The monoisotopic (exact) mass is 1080 g/mol. The van der Waals surface area contributed by atoms with Gasteiger partial charge in [0.25, 0.3) is 5.12 Å². The maximum absolute atomic E-state index is 12.7. The Morgan fingerprint density at radius 3 is 1.99 bits per heavy atom. The standard InChI is InChI=1S/C41H72N7O18P3S/c1-4-5-6-7-8-9-10-11-12-13-14-15-16-17-18-19-20-29(49)40(54)70-24-23-43-31(50)21-22-44-38(53)35(52)41(2,3)26-63-69(60,61)66-68(58,59)62-25-30-34(65-67(55,56)57)33(51)39(64-30)48-28-47-32-36(42)45-27-46-37(32)48/h27-28,30,33-35,39,51-52H,4-26H2,1-3H3,(H,43,50)(H,44,53)(H,58,59)(H,60,61)(H2,42,45,46)(H2,55,56,57)/t30-,33-,34-,35+,39-/m1/s1. The summed E-state index contributed by atoms with van der Waals surface area (Å²) in [6.07, 6.45) is 12.5. The number of aliphatic hydroxyl groups is 2. The molecular weight excluding hydrogens is 1000 g/mol. The molecule has 1 fully saturated rings. The van der Waals surface area contributed by atoms with E-state index >= 15 is 0 Å². The molecule has 2 aromatic rings. The summed E-state index contributed by atoms with van der Waals surface area (Å²) in [5.74, 6) is -1.83. The lowest BCUT2D eigenvalue weighted by molar-refractivity contribution is -0.137. The zero-order chi connectivity index (χ0) is 52.0. The number of hydrogen-bond donors (Lipinski definition) is 9. The van der Waals surface area contributed by atoms with Gasteiger partial charge in [0.05, 0.1) is 19.5 Å². The van der Waals surface area contributed by atoms with E-state index < -0.39 is 95.5 Å². The highest BCUT2D eigenvalue weighted by atomic mass is 32.2. The molecule has 0 saturated carbocycles. The Kier molecular flexibility index (Phi) is 26.7. The van der Waals surface area contributed by atoms with E-state index in [9.17, 15) is 62.7 Å². The zero-order valence-electron chi connectivity index (χ0n) is 40.0. The first kappa shape index (κ1) is 61.5. The van der Waals surface area contributed by atoms with Crippen molar-refractivity contribution in [2.75, 3.05) is 37.8 Å². The van der Waals surface area contributed by atoms with Crippen LogP contribution in [0.5, 0.6) is 0 Å². The largest absolute Gasteiger partial charge is 0.481 e. The maximum atomic E-state index is 12.7. The number of Topliss-reactive ketones (excluding diaryl/α,β-unsaturated/α-hetero) is 1. The third-order valence-corrected chi connectivity index (χ3v) is 15.2. The van der Waals surface area contributed by atoms with E-state index in [2.05, 4.69) is 41.3 Å². The Bertz CT molecular complexity index is 2120. The maximum Gasteiger partial charge on any atom is 0.481 e. The van der Waals surface area contributed by atoms with Gasteiger partial charge in [-0.05, 0) is 6.42 Å². The summed E-state index contributed by atoms with van der Waals surface area (Å²) in [6.45, 7) is 2.52. The van der Waals surface area contributed by atoms with Gasteiger partial charge in [0, 0.05) is 37.1 Å². The molecule has 3 rings (SSSR count). The summed E-state index contributed by atoms with van der Waals surface area (Å²) in [4.78, 5) is 101. The van der Waals surface area contributed by atoms with E-state index in [1.165, 1.54) is 90.9 Å². The highest BCUT2D eigenvalue weighted by Gasteiger charge is 2.50. The molecule has 0 radical (unpaired) electrons. The smallest absolute Gasteiger partial charge is 0.386 e. The number of amides is 2. The lowest BCUT2D eigenvalue weighted by Gasteiger charge is -2.30. The summed E-state index contributed by atoms with van der Waals surface area (Å²) >= 11 is 0.817. The van der Waals surface area contributed by atoms with Crippen LogP contribution in [0.2, 0.25) is 0 Å². The van der Waals surface area contributed by atoms with Crippen molar-refractivity contribution in [1.82, 2.24) is 30.2 Å². The number of carbonyl (C=O) groups excluding carboxylic acids is 4. The van der Waals surface area contributed by atoms with Crippen molar-refractivity contribution in [3.8, 4) is 0 Å². The zero-order valence-corrected chi connectivity index (χ0v) is 43.5. The number of nitrogens with zero attached hydrogens (tertiary/aromatic N) is 4. The van der Waals surface area contributed by atoms with Crippen molar-refractivity contribution in [1.29, 1.82) is 0 Å². The Balaban J connectivity index is 1.29. The molecule has 0 aliphatic carbocycles. The fourth-order valence-electron chi connectivity index (χ4n) is 7.29. The minimum Gasteiger partial charge on any atom is -0.386 e. The highest BCUT2D eigenvalue weighted by Crippen LogP contribution is 2.61. The van der Waals surface area contributed by atoms with E-state index in [0.29, 0.717) is 6.42 Å². The predicted molar refractivity (Wildman–Crippen MR) is 256 cm³/mol. The van der Waals surface area contributed by atoms with Gasteiger partial charge >= 0.3 is 23.5 Å². The lowest BCUT2D eigenvalue weighted by Crippen LogP contribution is -2.46. The van der Waals surface area contributed by atoms with E-state index in [4.69, 9.17) is 19.5 Å². The number of aliphatic hydroxyl groups excluding tert-OH is 2. The first-order valence-electron chi connectivity index (χ1n) is 23.6. The number of rotatable bonds is 37. The number of unbranched alkanes of at least 4 members (excludes halogenated alkanes) is 15. The summed E-state index contributed by atoms with van der Waals surface area (Å²) in [5.41, 5.74) is 4.24. The van der Waals surface area contributed by atoms with Gasteiger partial charge in [-0.25, -0.2) is 28.6 Å². The first-order valence-corrected chi connectivity index (χ1v) is 29.1. The van der Waals surface area contributed by atoms with Gasteiger partial charge in [-0.15, -0.1) is 0 Å². The van der Waals surface area contributed by atoms with Crippen molar-refractivity contribution in [3.05, 3.63) is 12.7 Å². The first-order chi connectivity index (χ1) is 33.0. The molecule has 1 saturated heterocycles. The van der Waals surface area contributed by atoms with Crippen LogP contribution in [0.1, 0.15) is 143 Å². The Morgan fingerprint density at radius 2 is 1.40 bits per heavy atom. The van der Waals surface area contributed by atoms with Crippen LogP contribution >= 0.6 is 35.2 Å². The molecule has 3 heterocycles. The normalized spacial score (nSPS) is 19.7. The fourth-order valence-corrected chi connectivity index (χ4v) is 10.8. The topological polar surface area (TPSA) is 381 Å². The number of ketones is 1. The van der Waals surface area contributed by atoms with Crippen LogP contribution in [0, 0.1) is 5.41 Å². The molecule has 1 aliphatic heterocycles. The van der Waals surface area contributed by atoms with E-state index in [1.54, 1.807) is 0 Å². The van der Waals surface area contributed by atoms with Gasteiger partial charge in [0.15, 0.2) is 17.7 Å². The number of carbonyl (C=O) groups is 4. The number of phosphoric acid groups is 3. The number of anilines is 1. The molecule has 10 N–H and O–H groups in total. The predicted octanol–water partition coefficient (Wildman–Crippen LogP) is 4.89. The second-order valence-electron chi connectivity index (χ2n) is 17.7. The molecule has 7 atom stereocenters. The number of nitrogen functional groups attached to an aromatic ring is 1. The number of imidazole rings is 1. The van der Waals surface area contributed by atoms with Crippen LogP contribution in [-0.2, 0) is 55.5 Å². The average Bonchev–Trinajstić information content (AvgIpc) is 3.85. The van der Waals surface area contributed by atoms with E-state index in [-0.39, 0.29) is 48.7 Å². The van der Waals surface area contributed by atoms with Gasteiger partial charge in [-0.1, -0.05) is 129 Å². The number of aromatic nitrogens is 4. The van der Waals surface area contributed by atoms with Crippen LogP contribution in [0.15, 0.2) is 12.7 Å². The number of hydrogen-bond acceptors (Lipinski definition) is 19. The van der Waals surface area contributed by atoms with Crippen LogP contribution in [0.4, 0.5) is 5.82 Å². The summed E-state index contributed by atoms with van der Waals surface area (Å²) in [5, 5.41) is 25.9. The van der Waals surface area contributed by atoms with Gasteiger partial charge in [-0.2, -0.15) is 4.31 Å². The van der Waals surface area contributed by atoms with Gasteiger partial charge in [-0.3, -0.25) is 37.3 Å². The molecule has 0 aromatic carbocycles. The van der Waals surface area contributed by atoms with Crippen molar-refractivity contribution in [2.24, 2.45) is 5.41 Å². The molecule has 25 nitrogen and oxygen atoms in total. The number of fused-ring (bicyclic) bond motifs is 1. The number of nitrogens with two attached hydrogens (primary N) is 1. The Hall–Kier alpha value is -2.77. The van der Waals surface area contributed by atoms with Crippen molar-refractivity contribution in [3.63, 3.8) is 0 Å². The summed E-state index contributed by atoms with van der Waals surface area (Å²) in [6, 6.07) is 0. The highest BCUT2D eigenvalue weighted by molar-refractivity contribution is 8.15. The van der Waals surface area contributed by atoms with Gasteiger partial charge in [0.1, 0.15) is 36.3 Å². The molecule has 0 bridgehead atoms. The molecule has 0 spiro atoms. The molecule has 29 heteroatoms. The second-order valence-corrected chi connectivity index (χ2v) is 23.0. The third kappa shape index (κ3) is 22.6. The third-order valence-electron chi connectivity index (χ3n) is 11.2. The van der Waals surface area contributed by atoms with Crippen LogP contribution in [-0.4, -0.2) is 128 Å². The van der Waals surface area contributed by atoms with Gasteiger partial charge < -0.3 is 50.9 Å². The van der Waals surface area contributed by atoms with E-state index in [0.717, 1.165) is 48.2 Å². The molecule has 2 amide bonds. The SMILES string of the molecule is CCCCCCCCCCCCCCCCCCC(=O)C(=O)SCCNC(=O)CCNC(=O)[C@H](O)C(C)(C)COP(=O)(O)OP(=O)(O)OC[C@H]1O[C@@H](n2cnc3c(N)ncnc32)[C@H](O)[C@@H]1OP(=O)(O)O. The van der Waals surface area contributed by atoms with Crippen LogP contribution < -0.4 is 16.4 Å². The van der Waals surface area contributed by atoms with E-state index in [1.807, 2.05) is 0 Å². The number of phosphoric ester groups is 3. The number of thioether (sulfide) groups is 1. The van der Waals surface area contributed by atoms with Crippen LogP contribution in [0.25, 0.3) is 11.2 Å². The number of nitrogens with one attached hydrogen (secondary N) is 2. The van der Waals surface area contributed by atoms with Gasteiger partial charge in [0.2, 0.25) is 17.6 Å². The quantitative estimate of drug-likeness (QED) is 0.0247. The molecule has 1 aliphatic rings. The minimum atomic E-state index is -5.59. The Morgan fingerprint density at radius 1 is 0.829 bits per heavy atom. The lowest BCUT2D eigenvalue weighted by atomic mass is 9.87. The van der Waals surface area contributed by atoms with Crippen molar-refractivity contribution >= 4 is 74.9 Å². The average molecular weight is 1080 g/mol. The fraction of sp³-hybridized carbons (Fsp3) is 0.780. The van der Waals surface area contributed by atoms with Crippen molar-refractivity contribution < 1.29 is 85.3 Å². The minimum absolute atomic E-state index is 0.0261. The summed E-state index contributed by atoms with van der Waals surface area (Å²) in [7, 11) is -16.5. The Labute approximate surface area is 412 Å². The molecule has 70 heavy (non-hydrogen) atoms. The number of ether oxygens (including phenoxy) is 1. The summed E-state index contributed by atoms with van der Waals surface area (Å²) < 4.78 is 62.4. The molecule has 2 unspecified atom stereocenters. The molecule has 400 valence electrons.